The molecule has 35 heavy (non-hydrogen) atoms. The number of unbranched alkanes of at least 4 members (excludes halogenated alkanes) is 5. The molecule has 0 bridgehead atoms. The van der Waals surface area contributed by atoms with Gasteiger partial charge in [-0.25, -0.2) is 0 Å². The van der Waals surface area contributed by atoms with Crippen molar-refractivity contribution in [2.75, 3.05) is 6.61 Å². The summed E-state index contributed by atoms with van der Waals surface area (Å²) in [5.74, 6) is -0.627. The summed E-state index contributed by atoms with van der Waals surface area (Å²) in [6.45, 7) is 1.66. The number of rotatable bonds is 19. The van der Waals surface area contributed by atoms with E-state index in [1.54, 1.807) is 30.4 Å². The van der Waals surface area contributed by atoms with Gasteiger partial charge in [0.05, 0.1) is 24.9 Å². The molecule has 0 fully saturated rings. The van der Waals surface area contributed by atoms with E-state index in [2.05, 4.69) is 0 Å². The second kappa shape index (κ2) is 18.1. The molecule has 1 aromatic carbocycles. The molecule has 1 aromatic rings. The molecule has 0 amide bonds. The molecule has 0 radical (unpaired) electrons. The molecule has 0 unspecified atom stereocenters. The van der Waals surface area contributed by atoms with Gasteiger partial charge < -0.3 is 30.6 Å². The third-order valence-electron chi connectivity index (χ3n) is 6.06. The van der Waals surface area contributed by atoms with Crippen molar-refractivity contribution >= 4 is 5.97 Å². The van der Waals surface area contributed by atoms with Gasteiger partial charge >= 0.3 is 5.97 Å². The molecule has 198 valence electrons. The lowest BCUT2D eigenvalue weighted by Gasteiger charge is -2.18. The highest BCUT2D eigenvalue weighted by molar-refractivity contribution is 5.66. The monoisotopic (exact) mass is 492 g/mol. The molecule has 6 N–H and O–H groups in total. The first-order valence-corrected chi connectivity index (χ1v) is 12.8. The highest BCUT2D eigenvalue weighted by Gasteiger charge is 2.15. The predicted molar refractivity (Wildman–Crippen MR) is 137 cm³/mol. The van der Waals surface area contributed by atoms with Gasteiger partial charge in [0.2, 0.25) is 0 Å². The molecule has 1 rings (SSSR count). The summed E-state index contributed by atoms with van der Waals surface area (Å²) in [7, 11) is 0. The zero-order valence-corrected chi connectivity index (χ0v) is 21.0. The van der Waals surface area contributed by atoms with E-state index in [4.69, 9.17) is 5.11 Å². The first-order chi connectivity index (χ1) is 16.8. The van der Waals surface area contributed by atoms with E-state index in [0.717, 1.165) is 55.2 Å². The lowest BCUT2D eigenvalue weighted by Crippen LogP contribution is -2.23. The van der Waals surface area contributed by atoms with Crippen LogP contribution < -0.4 is 0 Å². The number of hydrogen-bond acceptors (Lipinski definition) is 6. The molecule has 0 aliphatic carbocycles. The number of aliphatic hydroxyl groups is 4. The first kappa shape index (κ1) is 30.8. The van der Waals surface area contributed by atoms with Crippen LogP contribution in [0, 0.1) is 0 Å². The molecular formula is C28H44O7. The minimum atomic E-state index is -1.01. The molecule has 0 aliphatic heterocycles. The Labute approximate surface area is 209 Å². The minimum Gasteiger partial charge on any atom is -0.508 e. The van der Waals surface area contributed by atoms with Gasteiger partial charge in [-0.2, -0.15) is 0 Å². The van der Waals surface area contributed by atoms with Crippen molar-refractivity contribution in [3.05, 3.63) is 53.1 Å². The van der Waals surface area contributed by atoms with E-state index in [0.29, 0.717) is 25.7 Å². The number of aliphatic hydroxyl groups excluding tert-OH is 4. The Morgan fingerprint density at radius 1 is 1.00 bits per heavy atom. The van der Waals surface area contributed by atoms with E-state index >= 15 is 0 Å². The topological polar surface area (TPSA) is 138 Å². The number of aliphatic carboxylic acids is 1. The average molecular weight is 493 g/mol. The lowest BCUT2D eigenvalue weighted by molar-refractivity contribution is -0.137. The summed E-state index contributed by atoms with van der Waals surface area (Å²) in [5, 5.41) is 58.9. The van der Waals surface area contributed by atoms with E-state index in [-0.39, 0.29) is 25.2 Å². The number of aromatic hydroxyl groups is 1. The summed E-state index contributed by atoms with van der Waals surface area (Å²) < 4.78 is 0. The van der Waals surface area contributed by atoms with Crippen molar-refractivity contribution in [3.8, 4) is 5.75 Å². The Balaban J connectivity index is 3.05. The third-order valence-corrected chi connectivity index (χ3v) is 6.06. The average Bonchev–Trinajstić information content (AvgIpc) is 2.83. The molecule has 0 spiro atoms. The Morgan fingerprint density at radius 3 is 2.31 bits per heavy atom. The van der Waals surface area contributed by atoms with Crippen LogP contribution in [0.1, 0.15) is 83.1 Å². The van der Waals surface area contributed by atoms with E-state index in [1.807, 2.05) is 13.0 Å². The van der Waals surface area contributed by atoms with E-state index in [1.165, 1.54) is 0 Å². The standard InChI is InChI=1S/C28H44O7/c1-2-3-13-26(32)27(33)16-15-23(17-21-10-9-12-24(30)18-21)22(19-25(31)20-29)11-7-5-4-6-8-14-28(34)35/h9-10,12,15-16,18,25-27,29-33H,2-8,11,13-14,17,19-20H2,1H3,(H,34,35)/t25-,26-,27+/m0/s1. The molecule has 7 heteroatoms. The van der Waals surface area contributed by atoms with Gasteiger partial charge in [0.15, 0.2) is 0 Å². The second-order valence-corrected chi connectivity index (χ2v) is 9.24. The van der Waals surface area contributed by atoms with Crippen LogP contribution >= 0.6 is 0 Å². The summed E-state index contributed by atoms with van der Waals surface area (Å²) in [4.78, 5) is 10.7. The van der Waals surface area contributed by atoms with Crippen molar-refractivity contribution in [2.45, 2.75) is 102 Å². The van der Waals surface area contributed by atoms with Gasteiger partial charge in [0.1, 0.15) is 5.75 Å². The number of carboxylic acids is 1. The van der Waals surface area contributed by atoms with Crippen LogP contribution in [0.2, 0.25) is 0 Å². The van der Waals surface area contributed by atoms with Crippen LogP contribution in [0.5, 0.6) is 5.75 Å². The van der Waals surface area contributed by atoms with Gasteiger partial charge in [-0.15, -0.1) is 0 Å². The molecule has 0 aliphatic rings. The molecule has 0 saturated heterocycles. The first-order valence-electron chi connectivity index (χ1n) is 12.8. The molecule has 0 saturated carbocycles. The second-order valence-electron chi connectivity index (χ2n) is 9.24. The zero-order valence-electron chi connectivity index (χ0n) is 21.0. The van der Waals surface area contributed by atoms with Gasteiger partial charge in [-0.3, -0.25) is 4.79 Å². The number of benzene rings is 1. The minimum absolute atomic E-state index is 0.152. The SMILES string of the molecule is CCCC[C@H](O)[C@H](O)C=CC(Cc1cccc(O)c1)=C(CCCCCCCC(=O)O)C[C@H](O)CO. The third kappa shape index (κ3) is 14.1. The molecule has 3 atom stereocenters. The van der Waals surface area contributed by atoms with Gasteiger partial charge in [0, 0.05) is 6.42 Å². The largest absolute Gasteiger partial charge is 0.508 e. The normalized spacial score (nSPS) is 15.1. The number of carboxylic acid groups (broad SMARTS) is 1. The van der Waals surface area contributed by atoms with Crippen molar-refractivity contribution in [3.63, 3.8) is 0 Å². The fourth-order valence-corrected chi connectivity index (χ4v) is 4.00. The maximum absolute atomic E-state index is 10.7. The predicted octanol–water partition coefficient (Wildman–Crippen LogP) is 4.26. The number of allylic oxidation sites excluding steroid dienone is 2. The Kier molecular flexibility index (Phi) is 16.0. The van der Waals surface area contributed by atoms with Crippen molar-refractivity contribution in [2.24, 2.45) is 0 Å². The van der Waals surface area contributed by atoms with Crippen LogP contribution in [0.3, 0.4) is 0 Å². The van der Waals surface area contributed by atoms with Crippen LogP contribution in [0.15, 0.2) is 47.6 Å². The highest BCUT2D eigenvalue weighted by atomic mass is 16.4. The van der Waals surface area contributed by atoms with Crippen molar-refractivity contribution < 1.29 is 35.4 Å². The molecule has 0 heterocycles. The van der Waals surface area contributed by atoms with Gasteiger partial charge in [-0.05, 0) is 61.8 Å². The molecule has 0 aromatic heterocycles. The van der Waals surface area contributed by atoms with E-state index < -0.39 is 24.3 Å². The summed E-state index contributed by atoms with van der Waals surface area (Å²) in [6, 6.07) is 6.91. The number of phenols is 1. The number of phenolic OH excluding ortho intramolecular Hbond substituents is 1. The van der Waals surface area contributed by atoms with Gasteiger partial charge in [-0.1, -0.05) is 68.9 Å². The smallest absolute Gasteiger partial charge is 0.303 e. The quantitative estimate of drug-likeness (QED) is 0.125. The van der Waals surface area contributed by atoms with Crippen LogP contribution in [-0.2, 0) is 11.2 Å². The number of hydrogen-bond donors (Lipinski definition) is 6. The summed E-state index contributed by atoms with van der Waals surface area (Å²) in [6.07, 6.45) is 8.64. The maximum Gasteiger partial charge on any atom is 0.303 e. The lowest BCUT2D eigenvalue weighted by atomic mass is 9.91. The van der Waals surface area contributed by atoms with Crippen molar-refractivity contribution in [1.29, 1.82) is 0 Å². The Morgan fingerprint density at radius 2 is 1.69 bits per heavy atom. The summed E-state index contributed by atoms with van der Waals surface area (Å²) in [5.41, 5.74) is 2.69. The Bertz CT molecular complexity index is 787. The molecule has 7 nitrogen and oxygen atoms in total. The van der Waals surface area contributed by atoms with Crippen molar-refractivity contribution in [1.82, 2.24) is 0 Å². The molecular weight excluding hydrogens is 448 g/mol. The summed E-state index contributed by atoms with van der Waals surface area (Å²) >= 11 is 0. The van der Waals surface area contributed by atoms with Crippen LogP contribution in [0.4, 0.5) is 0 Å². The maximum atomic E-state index is 10.7. The van der Waals surface area contributed by atoms with E-state index in [9.17, 15) is 30.3 Å². The fraction of sp³-hybridized carbons (Fsp3) is 0.607. The fourth-order valence-electron chi connectivity index (χ4n) is 4.00. The number of carbonyl (C=O) groups is 1. The van der Waals surface area contributed by atoms with Gasteiger partial charge in [0.25, 0.3) is 0 Å². The zero-order chi connectivity index (χ0) is 26.1. The van der Waals surface area contributed by atoms with Crippen LogP contribution in [-0.4, -0.2) is 61.5 Å². The van der Waals surface area contributed by atoms with Crippen LogP contribution in [0.25, 0.3) is 0 Å². The Hall–Kier alpha value is -2.19. The highest BCUT2D eigenvalue weighted by Crippen LogP contribution is 2.25.